The molecule has 2 rings (SSSR count). The standard InChI is InChI=1S/C16H18Cl2N2O4/c1-9(5-14(21)22)19-15(23)13-3-2-4-20(13)16(24)10-6-11(17)8-12(18)7-10/h6-9,13H,2-5H2,1H3,(H,19,23)(H,21,22). The van der Waals surface area contributed by atoms with Crippen LogP contribution in [0.15, 0.2) is 18.2 Å². The number of hydrogen-bond donors (Lipinski definition) is 2. The van der Waals surface area contributed by atoms with Crippen LogP contribution in [0.4, 0.5) is 0 Å². The predicted molar refractivity (Wildman–Crippen MR) is 90.4 cm³/mol. The predicted octanol–water partition coefficient (Wildman–Crippen LogP) is 2.58. The lowest BCUT2D eigenvalue weighted by atomic mass is 10.1. The van der Waals surface area contributed by atoms with Gasteiger partial charge in [-0.05, 0) is 38.0 Å². The topological polar surface area (TPSA) is 86.7 Å². The van der Waals surface area contributed by atoms with E-state index in [-0.39, 0.29) is 18.2 Å². The Kier molecular flexibility index (Phi) is 6.07. The Balaban J connectivity index is 2.10. The van der Waals surface area contributed by atoms with Gasteiger partial charge in [-0.2, -0.15) is 0 Å². The van der Waals surface area contributed by atoms with Gasteiger partial charge in [0.05, 0.1) is 6.42 Å². The van der Waals surface area contributed by atoms with Crippen LogP contribution in [-0.4, -0.2) is 46.4 Å². The van der Waals surface area contributed by atoms with Crippen LogP contribution in [0.5, 0.6) is 0 Å². The number of nitrogens with one attached hydrogen (secondary N) is 1. The van der Waals surface area contributed by atoms with Crippen LogP contribution in [0.25, 0.3) is 0 Å². The Morgan fingerprint density at radius 1 is 1.29 bits per heavy atom. The van der Waals surface area contributed by atoms with Gasteiger partial charge >= 0.3 is 5.97 Å². The van der Waals surface area contributed by atoms with Gasteiger partial charge in [0.2, 0.25) is 5.91 Å². The third-order valence-corrected chi connectivity index (χ3v) is 4.23. The molecule has 2 unspecified atom stereocenters. The van der Waals surface area contributed by atoms with Crippen LogP contribution in [0.2, 0.25) is 10.0 Å². The number of aliphatic carboxylic acids is 1. The molecular formula is C16H18Cl2N2O4. The molecular weight excluding hydrogens is 355 g/mol. The molecule has 0 aromatic heterocycles. The summed E-state index contributed by atoms with van der Waals surface area (Å²) in [4.78, 5) is 37.2. The Bertz CT molecular complexity index is 645. The number of carbonyl (C=O) groups is 3. The zero-order valence-corrected chi connectivity index (χ0v) is 14.6. The molecule has 1 aliphatic rings. The normalized spacial score (nSPS) is 18.3. The number of carboxylic acids is 1. The quantitative estimate of drug-likeness (QED) is 0.831. The van der Waals surface area contributed by atoms with Gasteiger partial charge in [0.15, 0.2) is 0 Å². The van der Waals surface area contributed by atoms with Crippen molar-refractivity contribution in [2.24, 2.45) is 0 Å². The van der Waals surface area contributed by atoms with Crippen molar-refractivity contribution in [1.29, 1.82) is 0 Å². The molecule has 1 aliphatic heterocycles. The van der Waals surface area contributed by atoms with Gasteiger partial charge in [-0.1, -0.05) is 23.2 Å². The van der Waals surface area contributed by atoms with Crippen LogP contribution in [0, 0.1) is 0 Å². The van der Waals surface area contributed by atoms with Gasteiger partial charge in [0.1, 0.15) is 6.04 Å². The summed E-state index contributed by atoms with van der Waals surface area (Å²) in [5, 5.41) is 12.1. The number of benzene rings is 1. The molecule has 2 N–H and O–H groups in total. The van der Waals surface area contributed by atoms with Crippen molar-refractivity contribution in [2.45, 2.75) is 38.3 Å². The first-order chi connectivity index (χ1) is 11.3. The monoisotopic (exact) mass is 372 g/mol. The molecule has 2 amide bonds. The van der Waals surface area contributed by atoms with Crippen LogP contribution < -0.4 is 5.32 Å². The van der Waals surface area contributed by atoms with Crippen molar-refractivity contribution in [3.05, 3.63) is 33.8 Å². The lowest BCUT2D eigenvalue weighted by molar-refractivity contribution is -0.137. The number of carbonyl (C=O) groups excluding carboxylic acids is 2. The first-order valence-electron chi connectivity index (χ1n) is 7.57. The Morgan fingerprint density at radius 3 is 2.50 bits per heavy atom. The molecule has 8 heteroatoms. The third-order valence-electron chi connectivity index (χ3n) is 3.80. The minimum Gasteiger partial charge on any atom is -0.481 e. The molecule has 1 aromatic carbocycles. The minimum atomic E-state index is -0.990. The fraction of sp³-hybridized carbons (Fsp3) is 0.438. The first-order valence-corrected chi connectivity index (χ1v) is 8.32. The molecule has 1 heterocycles. The summed E-state index contributed by atoms with van der Waals surface area (Å²) in [6, 6.07) is 3.42. The maximum absolute atomic E-state index is 12.7. The highest BCUT2D eigenvalue weighted by Crippen LogP contribution is 2.24. The van der Waals surface area contributed by atoms with Crippen molar-refractivity contribution in [3.63, 3.8) is 0 Å². The van der Waals surface area contributed by atoms with Crippen LogP contribution in [0.3, 0.4) is 0 Å². The maximum Gasteiger partial charge on any atom is 0.305 e. The molecule has 2 atom stereocenters. The second kappa shape index (κ2) is 7.85. The summed E-state index contributed by atoms with van der Waals surface area (Å²) in [7, 11) is 0. The SMILES string of the molecule is CC(CC(=O)O)NC(=O)C1CCCN1C(=O)c1cc(Cl)cc(Cl)c1. The summed E-state index contributed by atoms with van der Waals surface area (Å²) in [5.74, 6) is -1.65. The van der Waals surface area contributed by atoms with Crippen molar-refractivity contribution in [2.75, 3.05) is 6.54 Å². The zero-order chi connectivity index (χ0) is 17.9. The second-order valence-electron chi connectivity index (χ2n) is 5.82. The number of amides is 2. The van der Waals surface area contributed by atoms with Crippen LogP contribution >= 0.6 is 23.2 Å². The highest BCUT2D eigenvalue weighted by molar-refractivity contribution is 6.35. The molecule has 6 nitrogen and oxygen atoms in total. The Morgan fingerprint density at radius 2 is 1.92 bits per heavy atom. The van der Waals surface area contributed by atoms with E-state index in [1.807, 2.05) is 0 Å². The number of halogens is 2. The molecule has 0 aliphatic carbocycles. The zero-order valence-electron chi connectivity index (χ0n) is 13.1. The summed E-state index contributed by atoms with van der Waals surface area (Å²) >= 11 is 11.9. The smallest absolute Gasteiger partial charge is 0.305 e. The summed E-state index contributed by atoms with van der Waals surface area (Å²) < 4.78 is 0. The summed E-state index contributed by atoms with van der Waals surface area (Å²) in [6.45, 7) is 2.07. The average Bonchev–Trinajstić information content (AvgIpc) is 2.93. The molecule has 0 spiro atoms. The lowest BCUT2D eigenvalue weighted by Crippen LogP contribution is -2.48. The fourth-order valence-electron chi connectivity index (χ4n) is 2.78. The van der Waals surface area contributed by atoms with E-state index in [0.717, 1.165) is 0 Å². The molecule has 0 saturated carbocycles. The lowest BCUT2D eigenvalue weighted by Gasteiger charge is -2.25. The number of rotatable bonds is 5. The fourth-order valence-corrected chi connectivity index (χ4v) is 3.30. The van der Waals surface area contributed by atoms with Gasteiger partial charge < -0.3 is 15.3 Å². The number of hydrogen-bond acceptors (Lipinski definition) is 3. The Hall–Kier alpha value is -1.79. The number of likely N-dealkylation sites (tertiary alicyclic amines) is 1. The molecule has 0 radical (unpaired) electrons. The summed E-state index contributed by atoms with van der Waals surface area (Å²) in [6.07, 6.45) is 1.06. The molecule has 24 heavy (non-hydrogen) atoms. The van der Waals surface area contributed by atoms with E-state index in [1.54, 1.807) is 6.92 Å². The van der Waals surface area contributed by atoms with Gasteiger partial charge in [-0.15, -0.1) is 0 Å². The molecule has 130 valence electrons. The molecule has 0 bridgehead atoms. The van der Waals surface area contributed by atoms with Gasteiger partial charge in [-0.25, -0.2) is 0 Å². The van der Waals surface area contributed by atoms with E-state index in [2.05, 4.69) is 5.32 Å². The largest absolute Gasteiger partial charge is 0.481 e. The minimum absolute atomic E-state index is 0.170. The number of nitrogens with zero attached hydrogens (tertiary/aromatic N) is 1. The van der Waals surface area contributed by atoms with Crippen molar-refractivity contribution in [3.8, 4) is 0 Å². The second-order valence-corrected chi connectivity index (χ2v) is 6.70. The van der Waals surface area contributed by atoms with E-state index in [4.69, 9.17) is 28.3 Å². The summed E-state index contributed by atoms with van der Waals surface area (Å²) in [5.41, 5.74) is 0.325. The van der Waals surface area contributed by atoms with Crippen molar-refractivity contribution < 1.29 is 19.5 Å². The first kappa shape index (κ1) is 18.5. The molecule has 1 fully saturated rings. The van der Waals surface area contributed by atoms with Gasteiger partial charge in [0, 0.05) is 28.2 Å². The molecule has 1 aromatic rings. The van der Waals surface area contributed by atoms with Crippen LogP contribution in [0.1, 0.15) is 36.5 Å². The van der Waals surface area contributed by atoms with E-state index >= 15 is 0 Å². The highest BCUT2D eigenvalue weighted by Gasteiger charge is 2.35. The van der Waals surface area contributed by atoms with E-state index in [1.165, 1.54) is 23.1 Å². The van der Waals surface area contributed by atoms with E-state index in [9.17, 15) is 14.4 Å². The molecule has 1 saturated heterocycles. The van der Waals surface area contributed by atoms with Gasteiger partial charge in [-0.3, -0.25) is 14.4 Å². The average molecular weight is 373 g/mol. The van der Waals surface area contributed by atoms with E-state index < -0.39 is 18.1 Å². The Labute approximate surface area is 149 Å². The van der Waals surface area contributed by atoms with E-state index in [0.29, 0.717) is 35.0 Å². The van der Waals surface area contributed by atoms with Crippen LogP contribution in [-0.2, 0) is 9.59 Å². The van der Waals surface area contributed by atoms with Crippen molar-refractivity contribution >= 4 is 41.0 Å². The van der Waals surface area contributed by atoms with Crippen molar-refractivity contribution in [1.82, 2.24) is 10.2 Å². The number of carboxylic acid groups (broad SMARTS) is 1. The highest BCUT2D eigenvalue weighted by atomic mass is 35.5. The third kappa shape index (κ3) is 4.61. The van der Waals surface area contributed by atoms with Gasteiger partial charge in [0.25, 0.3) is 5.91 Å². The maximum atomic E-state index is 12.7.